The highest BCUT2D eigenvalue weighted by Crippen LogP contribution is 2.31. The number of rotatable bonds is 5. The lowest BCUT2D eigenvalue weighted by molar-refractivity contribution is 0.0696. The van der Waals surface area contributed by atoms with Gasteiger partial charge in [0.1, 0.15) is 5.82 Å². The van der Waals surface area contributed by atoms with Gasteiger partial charge in [-0.1, -0.05) is 13.8 Å². The lowest BCUT2D eigenvalue weighted by atomic mass is 10.1. The first-order valence-corrected chi connectivity index (χ1v) is 6.43. The molecule has 0 atom stereocenters. The van der Waals surface area contributed by atoms with Crippen molar-refractivity contribution in [3.8, 4) is 0 Å². The Morgan fingerprint density at radius 1 is 1.50 bits per heavy atom. The monoisotopic (exact) mass is 248 g/mol. The summed E-state index contributed by atoms with van der Waals surface area (Å²) in [6.45, 7) is 5.02. The predicted octanol–water partition coefficient (Wildman–Crippen LogP) is 2.75. The number of carboxylic acids is 1. The van der Waals surface area contributed by atoms with Gasteiger partial charge >= 0.3 is 5.97 Å². The Morgan fingerprint density at radius 3 is 2.67 bits per heavy atom. The third-order valence-corrected chi connectivity index (χ3v) is 3.29. The fourth-order valence-electron chi connectivity index (χ4n) is 1.93. The zero-order valence-corrected chi connectivity index (χ0v) is 11.2. The highest BCUT2D eigenvalue weighted by Gasteiger charge is 2.24. The molecule has 4 heteroatoms. The number of hydrogen-bond donors (Lipinski definition) is 1. The Hall–Kier alpha value is -1.58. The molecule has 98 valence electrons. The Labute approximate surface area is 108 Å². The van der Waals surface area contributed by atoms with Crippen LogP contribution >= 0.6 is 0 Å². The SMILES string of the molecule is CC(C)c1cc(C(=O)O)cc(N(C)CC2CC2)n1. The van der Waals surface area contributed by atoms with Crippen LogP contribution in [0.2, 0.25) is 0 Å². The summed E-state index contributed by atoms with van der Waals surface area (Å²) >= 11 is 0. The van der Waals surface area contributed by atoms with Gasteiger partial charge in [0, 0.05) is 19.3 Å². The van der Waals surface area contributed by atoms with Crippen molar-refractivity contribution in [2.45, 2.75) is 32.6 Å². The average Bonchev–Trinajstić information content (AvgIpc) is 3.12. The number of aromatic nitrogens is 1. The molecule has 4 nitrogen and oxygen atoms in total. The van der Waals surface area contributed by atoms with Crippen molar-refractivity contribution in [2.24, 2.45) is 5.92 Å². The molecule has 0 radical (unpaired) electrons. The molecule has 1 N–H and O–H groups in total. The fraction of sp³-hybridized carbons (Fsp3) is 0.571. The van der Waals surface area contributed by atoms with E-state index < -0.39 is 5.97 Å². The average molecular weight is 248 g/mol. The molecule has 1 aliphatic rings. The normalized spacial score (nSPS) is 14.9. The van der Waals surface area contributed by atoms with Gasteiger partial charge in [-0.2, -0.15) is 0 Å². The first kappa shape index (κ1) is 12.9. The largest absolute Gasteiger partial charge is 0.478 e. The molecule has 0 spiro atoms. The van der Waals surface area contributed by atoms with E-state index in [0.717, 1.165) is 24.0 Å². The van der Waals surface area contributed by atoms with Crippen LogP contribution in [0.5, 0.6) is 0 Å². The van der Waals surface area contributed by atoms with Gasteiger partial charge in [-0.15, -0.1) is 0 Å². The van der Waals surface area contributed by atoms with E-state index in [1.165, 1.54) is 12.8 Å². The second-order valence-corrected chi connectivity index (χ2v) is 5.42. The molecule has 0 amide bonds. The molecule has 1 heterocycles. The number of nitrogens with zero attached hydrogens (tertiary/aromatic N) is 2. The zero-order chi connectivity index (χ0) is 13.3. The molecule has 1 fully saturated rings. The van der Waals surface area contributed by atoms with E-state index in [1.54, 1.807) is 12.1 Å². The number of aromatic carboxylic acids is 1. The number of hydrogen-bond acceptors (Lipinski definition) is 3. The third-order valence-electron chi connectivity index (χ3n) is 3.29. The van der Waals surface area contributed by atoms with Crippen molar-refractivity contribution in [2.75, 3.05) is 18.5 Å². The number of carboxylic acid groups (broad SMARTS) is 1. The van der Waals surface area contributed by atoms with E-state index in [2.05, 4.69) is 9.88 Å². The van der Waals surface area contributed by atoms with Crippen LogP contribution in [0.4, 0.5) is 5.82 Å². The van der Waals surface area contributed by atoms with Crippen molar-refractivity contribution in [1.82, 2.24) is 4.98 Å². The van der Waals surface area contributed by atoms with Crippen LogP contribution in [0, 0.1) is 5.92 Å². The molecule has 1 saturated carbocycles. The molecule has 0 aromatic carbocycles. The summed E-state index contributed by atoms with van der Waals surface area (Å²) in [7, 11) is 1.98. The smallest absolute Gasteiger partial charge is 0.335 e. The lowest BCUT2D eigenvalue weighted by Gasteiger charge is -2.20. The number of pyridine rings is 1. The highest BCUT2D eigenvalue weighted by atomic mass is 16.4. The molecule has 1 aromatic heterocycles. The molecule has 0 bridgehead atoms. The van der Waals surface area contributed by atoms with E-state index in [9.17, 15) is 4.79 Å². The van der Waals surface area contributed by atoms with Crippen LogP contribution in [0.3, 0.4) is 0 Å². The molecule has 2 rings (SSSR count). The van der Waals surface area contributed by atoms with Gasteiger partial charge in [0.15, 0.2) is 0 Å². The molecule has 1 aromatic rings. The summed E-state index contributed by atoms with van der Waals surface area (Å²) in [6.07, 6.45) is 2.56. The maximum Gasteiger partial charge on any atom is 0.335 e. The van der Waals surface area contributed by atoms with Gasteiger partial charge in [-0.05, 0) is 36.8 Å². The van der Waals surface area contributed by atoms with E-state index in [0.29, 0.717) is 5.56 Å². The molecule has 0 unspecified atom stereocenters. The Kier molecular flexibility index (Phi) is 3.55. The van der Waals surface area contributed by atoms with E-state index >= 15 is 0 Å². The van der Waals surface area contributed by atoms with Crippen LogP contribution in [0.15, 0.2) is 12.1 Å². The lowest BCUT2D eigenvalue weighted by Crippen LogP contribution is -2.22. The number of anilines is 1. The van der Waals surface area contributed by atoms with Crippen LogP contribution in [-0.4, -0.2) is 29.7 Å². The minimum Gasteiger partial charge on any atom is -0.478 e. The van der Waals surface area contributed by atoms with Gasteiger partial charge in [0.05, 0.1) is 5.56 Å². The van der Waals surface area contributed by atoms with Crippen LogP contribution in [-0.2, 0) is 0 Å². The van der Waals surface area contributed by atoms with Gasteiger partial charge in [-0.3, -0.25) is 0 Å². The second kappa shape index (κ2) is 4.96. The molecule has 18 heavy (non-hydrogen) atoms. The maximum atomic E-state index is 11.1. The van der Waals surface area contributed by atoms with Crippen molar-refractivity contribution in [1.29, 1.82) is 0 Å². The summed E-state index contributed by atoms with van der Waals surface area (Å²) in [5, 5.41) is 9.15. The Balaban J connectivity index is 2.29. The van der Waals surface area contributed by atoms with Gasteiger partial charge < -0.3 is 10.0 Å². The molecular weight excluding hydrogens is 228 g/mol. The summed E-state index contributed by atoms with van der Waals surface area (Å²) in [6, 6.07) is 3.33. The van der Waals surface area contributed by atoms with Gasteiger partial charge in [-0.25, -0.2) is 9.78 Å². The Morgan fingerprint density at radius 2 is 2.17 bits per heavy atom. The van der Waals surface area contributed by atoms with E-state index in [-0.39, 0.29) is 5.92 Å². The standard InChI is InChI=1S/C14H20N2O2/c1-9(2)12-6-11(14(17)18)7-13(15-12)16(3)8-10-4-5-10/h6-7,9-10H,4-5,8H2,1-3H3,(H,17,18). The highest BCUT2D eigenvalue weighted by molar-refractivity contribution is 5.88. The van der Waals surface area contributed by atoms with Crippen molar-refractivity contribution >= 4 is 11.8 Å². The van der Waals surface area contributed by atoms with Crippen LogP contribution < -0.4 is 4.90 Å². The minimum atomic E-state index is -0.889. The zero-order valence-electron chi connectivity index (χ0n) is 11.2. The first-order valence-electron chi connectivity index (χ1n) is 6.43. The van der Waals surface area contributed by atoms with E-state index in [1.807, 2.05) is 20.9 Å². The summed E-state index contributed by atoms with van der Waals surface area (Å²) < 4.78 is 0. The molecule has 0 aliphatic heterocycles. The fourth-order valence-corrected chi connectivity index (χ4v) is 1.93. The van der Waals surface area contributed by atoms with E-state index in [4.69, 9.17) is 5.11 Å². The maximum absolute atomic E-state index is 11.1. The van der Waals surface area contributed by atoms with Gasteiger partial charge in [0.2, 0.25) is 0 Å². The summed E-state index contributed by atoms with van der Waals surface area (Å²) in [5.74, 6) is 0.871. The van der Waals surface area contributed by atoms with Crippen LogP contribution in [0.1, 0.15) is 48.7 Å². The summed E-state index contributed by atoms with van der Waals surface area (Å²) in [4.78, 5) is 17.8. The van der Waals surface area contributed by atoms with Crippen molar-refractivity contribution in [3.63, 3.8) is 0 Å². The predicted molar refractivity (Wildman–Crippen MR) is 71.3 cm³/mol. The topological polar surface area (TPSA) is 53.4 Å². The molecule has 0 saturated heterocycles. The van der Waals surface area contributed by atoms with Gasteiger partial charge in [0.25, 0.3) is 0 Å². The first-order chi connectivity index (χ1) is 8.47. The van der Waals surface area contributed by atoms with Crippen LogP contribution in [0.25, 0.3) is 0 Å². The number of carbonyl (C=O) groups is 1. The molecule has 1 aliphatic carbocycles. The summed E-state index contributed by atoms with van der Waals surface area (Å²) in [5.41, 5.74) is 1.17. The third kappa shape index (κ3) is 3.00. The Bertz CT molecular complexity index is 453. The van der Waals surface area contributed by atoms with Crippen molar-refractivity contribution < 1.29 is 9.90 Å². The second-order valence-electron chi connectivity index (χ2n) is 5.42. The van der Waals surface area contributed by atoms with Crippen molar-refractivity contribution in [3.05, 3.63) is 23.4 Å². The quantitative estimate of drug-likeness (QED) is 0.870. The minimum absolute atomic E-state index is 0.234. The molecular formula is C14H20N2O2.